The van der Waals surface area contributed by atoms with Crippen molar-refractivity contribution in [3.05, 3.63) is 0 Å². The Morgan fingerprint density at radius 1 is 0.872 bits per heavy atom. The van der Waals surface area contributed by atoms with Crippen LogP contribution in [0.1, 0.15) is 120 Å². The van der Waals surface area contributed by atoms with Crippen molar-refractivity contribution in [2.45, 2.75) is 137 Å². The van der Waals surface area contributed by atoms with E-state index >= 15 is 0 Å². The standard InChI is InChI=1S/C30H53N5O7.C3H8.C2H6/c1-5-13-31-18-27(38)41-20-30(21-42-30)28(39)24(16-23-11-9-8-10-12-23)34-25(36)17-32-29(40)22(4)33-26(37)19-35(14-6-2)15-7-3;1-3-2;1-2/h22-24,31H,5-21H2,1-4H3,(H,32,40)(H,33,37)(H,34,36);3H2,1-2H3;1-2H3/t22-,24-,30+;;/m0../s1. The van der Waals surface area contributed by atoms with Gasteiger partial charge in [0.1, 0.15) is 12.6 Å². The van der Waals surface area contributed by atoms with E-state index in [0.717, 1.165) is 64.5 Å². The van der Waals surface area contributed by atoms with Crippen molar-refractivity contribution in [1.82, 2.24) is 26.2 Å². The van der Waals surface area contributed by atoms with Crippen LogP contribution in [0.4, 0.5) is 0 Å². The van der Waals surface area contributed by atoms with E-state index in [1.165, 1.54) is 6.42 Å². The summed E-state index contributed by atoms with van der Waals surface area (Å²) in [6.45, 7) is 18.0. The van der Waals surface area contributed by atoms with Crippen molar-refractivity contribution in [2.75, 3.05) is 52.5 Å². The van der Waals surface area contributed by atoms with E-state index in [0.29, 0.717) is 13.0 Å². The third kappa shape index (κ3) is 19.1. The van der Waals surface area contributed by atoms with Crippen molar-refractivity contribution in [2.24, 2.45) is 5.92 Å². The number of carbonyl (C=O) groups is 5. The second-order valence-electron chi connectivity index (χ2n) is 12.3. The molecule has 0 aromatic heterocycles. The fourth-order valence-corrected chi connectivity index (χ4v) is 5.33. The molecule has 0 unspecified atom stereocenters. The molecule has 1 aliphatic heterocycles. The van der Waals surface area contributed by atoms with Crippen molar-refractivity contribution < 1.29 is 33.4 Å². The third-order valence-corrected chi connectivity index (χ3v) is 7.69. The van der Waals surface area contributed by atoms with Crippen LogP contribution in [0.2, 0.25) is 0 Å². The zero-order chi connectivity index (χ0) is 35.7. The normalized spacial score (nSPS) is 18.3. The second-order valence-corrected chi connectivity index (χ2v) is 12.3. The van der Waals surface area contributed by atoms with Crippen LogP contribution in [-0.2, 0) is 33.4 Å². The number of amides is 3. The molecule has 2 fully saturated rings. The Bertz CT molecular complexity index is 901. The van der Waals surface area contributed by atoms with Gasteiger partial charge in [0, 0.05) is 0 Å². The van der Waals surface area contributed by atoms with E-state index in [1.807, 2.05) is 25.7 Å². The molecule has 1 saturated heterocycles. The van der Waals surface area contributed by atoms with Crippen molar-refractivity contribution >= 4 is 29.5 Å². The Hall–Kier alpha value is -2.57. The quantitative estimate of drug-likeness (QED) is 0.0816. The van der Waals surface area contributed by atoms with Crippen LogP contribution < -0.4 is 21.3 Å². The number of epoxide rings is 1. The topological polar surface area (TPSA) is 158 Å². The van der Waals surface area contributed by atoms with Crippen LogP contribution >= 0.6 is 0 Å². The second kappa shape index (κ2) is 26.4. The largest absolute Gasteiger partial charge is 0.461 e. The summed E-state index contributed by atoms with van der Waals surface area (Å²) in [6.07, 6.45) is 9.73. The lowest BCUT2D eigenvalue weighted by Crippen LogP contribution is -2.53. The van der Waals surface area contributed by atoms with Gasteiger partial charge in [-0.3, -0.25) is 28.9 Å². The first-order valence-electron chi connectivity index (χ1n) is 18.2. The lowest BCUT2D eigenvalue weighted by atomic mass is 9.82. The molecule has 0 aromatic rings. The fourth-order valence-electron chi connectivity index (χ4n) is 5.33. The van der Waals surface area contributed by atoms with Crippen molar-refractivity contribution in [3.8, 4) is 0 Å². The summed E-state index contributed by atoms with van der Waals surface area (Å²) in [5, 5.41) is 11.0. The van der Waals surface area contributed by atoms with Crippen LogP contribution in [0.3, 0.4) is 0 Å². The van der Waals surface area contributed by atoms with Crippen molar-refractivity contribution in [1.29, 1.82) is 0 Å². The molecular weight excluding hydrogens is 602 g/mol. The lowest BCUT2D eigenvalue weighted by molar-refractivity contribution is -0.146. The number of Topliss-reactive ketones (excluding diaryl/α,β-unsaturated/α-hetero) is 1. The molecule has 0 spiro atoms. The molecule has 47 heavy (non-hydrogen) atoms. The number of esters is 1. The summed E-state index contributed by atoms with van der Waals surface area (Å²) >= 11 is 0. The number of ketones is 1. The van der Waals surface area contributed by atoms with E-state index < -0.39 is 35.5 Å². The van der Waals surface area contributed by atoms with Gasteiger partial charge in [0.25, 0.3) is 0 Å². The Labute approximate surface area is 284 Å². The van der Waals surface area contributed by atoms with E-state index in [2.05, 4.69) is 49.0 Å². The highest BCUT2D eigenvalue weighted by atomic mass is 16.6. The molecule has 2 aliphatic rings. The highest BCUT2D eigenvalue weighted by molar-refractivity contribution is 5.98. The summed E-state index contributed by atoms with van der Waals surface area (Å²) in [5.74, 6) is -1.74. The number of nitrogens with one attached hydrogen (secondary N) is 4. The van der Waals surface area contributed by atoms with Gasteiger partial charge in [-0.1, -0.05) is 87.0 Å². The highest BCUT2D eigenvalue weighted by Crippen LogP contribution is 2.33. The molecule has 1 heterocycles. The minimum Gasteiger partial charge on any atom is -0.461 e. The molecule has 4 N–H and O–H groups in total. The highest BCUT2D eigenvalue weighted by Gasteiger charge is 2.55. The van der Waals surface area contributed by atoms with E-state index in [9.17, 15) is 24.0 Å². The summed E-state index contributed by atoms with van der Waals surface area (Å²) < 4.78 is 10.8. The monoisotopic (exact) mass is 670 g/mol. The maximum absolute atomic E-state index is 13.6. The molecule has 1 aliphatic carbocycles. The van der Waals surface area contributed by atoms with Crippen LogP contribution in [0.5, 0.6) is 0 Å². The van der Waals surface area contributed by atoms with Gasteiger partial charge < -0.3 is 30.7 Å². The summed E-state index contributed by atoms with van der Waals surface area (Å²) in [5.41, 5.74) is -1.25. The zero-order valence-electron chi connectivity index (χ0n) is 30.8. The van der Waals surface area contributed by atoms with Gasteiger partial charge in [-0.25, -0.2) is 0 Å². The minimum atomic E-state index is -1.25. The molecule has 2 rings (SSSR count). The first-order valence-corrected chi connectivity index (χ1v) is 18.2. The van der Waals surface area contributed by atoms with Gasteiger partial charge in [-0.15, -0.1) is 0 Å². The Balaban J connectivity index is 0.00000399. The predicted octanol–water partition coefficient (Wildman–Crippen LogP) is 3.51. The smallest absolute Gasteiger partial charge is 0.320 e. The van der Waals surface area contributed by atoms with Gasteiger partial charge in [-0.05, 0) is 58.2 Å². The Morgan fingerprint density at radius 2 is 1.47 bits per heavy atom. The summed E-state index contributed by atoms with van der Waals surface area (Å²) in [4.78, 5) is 65.6. The van der Waals surface area contributed by atoms with Crippen LogP contribution in [0.15, 0.2) is 0 Å². The van der Waals surface area contributed by atoms with Gasteiger partial charge in [-0.2, -0.15) is 0 Å². The first kappa shape index (κ1) is 44.4. The molecular formula is C35H67N5O7. The Morgan fingerprint density at radius 3 is 2.00 bits per heavy atom. The van der Waals surface area contributed by atoms with Gasteiger partial charge in [0.2, 0.25) is 17.7 Å². The molecule has 0 bridgehead atoms. The van der Waals surface area contributed by atoms with Crippen molar-refractivity contribution in [3.63, 3.8) is 0 Å². The Kier molecular flexibility index (Phi) is 24.9. The summed E-state index contributed by atoms with van der Waals surface area (Å²) in [7, 11) is 0. The van der Waals surface area contributed by atoms with Gasteiger partial charge in [0.15, 0.2) is 11.4 Å². The average Bonchev–Trinajstić information content (AvgIpc) is 3.85. The van der Waals surface area contributed by atoms with E-state index in [4.69, 9.17) is 9.47 Å². The number of hydrogen-bond donors (Lipinski definition) is 4. The molecule has 0 radical (unpaired) electrons. The number of ether oxygens (including phenoxy) is 2. The van der Waals surface area contributed by atoms with E-state index in [1.54, 1.807) is 6.92 Å². The number of hydrogen-bond acceptors (Lipinski definition) is 9. The maximum atomic E-state index is 13.6. The molecule has 12 heteroatoms. The molecule has 1 saturated carbocycles. The van der Waals surface area contributed by atoms with Crippen LogP contribution in [-0.4, -0.2) is 105 Å². The predicted molar refractivity (Wildman–Crippen MR) is 186 cm³/mol. The molecule has 0 aromatic carbocycles. The molecule has 274 valence electrons. The van der Waals surface area contributed by atoms with Crippen LogP contribution in [0.25, 0.3) is 0 Å². The van der Waals surface area contributed by atoms with E-state index in [-0.39, 0.29) is 50.5 Å². The average molecular weight is 670 g/mol. The number of rotatable bonds is 21. The number of carbonyl (C=O) groups excluding carboxylic acids is 5. The molecule has 12 nitrogen and oxygen atoms in total. The lowest BCUT2D eigenvalue weighted by Gasteiger charge is -2.28. The first-order chi connectivity index (χ1) is 22.5. The molecule has 3 atom stereocenters. The fraction of sp³-hybridized carbons (Fsp3) is 0.857. The van der Waals surface area contributed by atoms with Crippen LogP contribution in [0, 0.1) is 5.92 Å². The van der Waals surface area contributed by atoms with Gasteiger partial charge in [0.05, 0.1) is 32.3 Å². The maximum Gasteiger partial charge on any atom is 0.320 e. The third-order valence-electron chi connectivity index (χ3n) is 7.69. The van der Waals surface area contributed by atoms with Gasteiger partial charge >= 0.3 is 5.97 Å². The number of nitrogens with zero attached hydrogens (tertiary/aromatic N) is 1. The molecule has 3 amide bonds. The SMILES string of the molecule is CC.CCC.CCCNCC(=O)OC[C@]1(C(=O)[C@H](CC2CCCCC2)NC(=O)CNC(=O)[C@H](C)NC(=O)CN(CCC)CCC)CO1. The zero-order valence-corrected chi connectivity index (χ0v) is 30.8. The summed E-state index contributed by atoms with van der Waals surface area (Å²) in [6, 6.07) is -1.64. The minimum absolute atomic E-state index is 0.0503.